The first-order valence-electron chi connectivity index (χ1n) is 8.27. The van der Waals surface area contributed by atoms with E-state index in [1.807, 2.05) is 0 Å². The molecule has 6 heteroatoms. The van der Waals surface area contributed by atoms with E-state index < -0.39 is 12.1 Å². The lowest BCUT2D eigenvalue weighted by Crippen LogP contribution is -2.90. The van der Waals surface area contributed by atoms with Crippen molar-refractivity contribution in [2.75, 3.05) is 19.8 Å². The molecule has 132 valence electrons. The average Bonchev–Trinajstić information content (AvgIpc) is 2.89. The number of nitrogens with two attached hydrogens (primary N) is 1. The Morgan fingerprint density at radius 2 is 2.12 bits per heavy atom. The average molecular weight is 336 g/mol. The summed E-state index contributed by atoms with van der Waals surface area (Å²) >= 11 is 0. The van der Waals surface area contributed by atoms with Crippen LogP contribution in [-0.2, 0) is 4.74 Å². The molecule has 2 rings (SSSR count). The summed E-state index contributed by atoms with van der Waals surface area (Å²) in [5.74, 6) is 0.299. The van der Waals surface area contributed by atoms with Crippen molar-refractivity contribution in [2.24, 2.45) is 0 Å². The number of furan rings is 1. The van der Waals surface area contributed by atoms with Crippen molar-refractivity contribution >= 4 is 16.9 Å². The van der Waals surface area contributed by atoms with Crippen LogP contribution in [0.2, 0.25) is 0 Å². The summed E-state index contributed by atoms with van der Waals surface area (Å²) in [7, 11) is 0. The van der Waals surface area contributed by atoms with Crippen LogP contribution in [0.3, 0.4) is 0 Å². The molecular formula is C18H26NO5+. The van der Waals surface area contributed by atoms with Gasteiger partial charge >= 0.3 is 5.97 Å². The Morgan fingerprint density at radius 1 is 1.38 bits per heavy atom. The van der Waals surface area contributed by atoms with Crippen LogP contribution in [0.4, 0.5) is 0 Å². The van der Waals surface area contributed by atoms with Crippen LogP contribution in [-0.4, -0.2) is 43.0 Å². The lowest BCUT2D eigenvalue weighted by Gasteiger charge is -2.13. The van der Waals surface area contributed by atoms with Crippen LogP contribution in [0.25, 0.3) is 11.0 Å². The van der Waals surface area contributed by atoms with Crippen molar-refractivity contribution in [1.29, 1.82) is 0 Å². The molecule has 0 aliphatic carbocycles. The largest absolute Gasteiger partial charge is 0.490 e. The number of aryl methyl sites for hydroxylation is 1. The summed E-state index contributed by atoms with van der Waals surface area (Å²) in [6.45, 7) is 8.74. The van der Waals surface area contributed by atoms with E-state index in [0.29, 0.717) is 29.5 Å². The number of quaternary nitrogens is 1. The summed E-state index contributed by atoms with van der Waals surface area (Å²) < 4.78 is 16.4. The van der Waals surface area contributed by atoms with Crippen LogP contribution >= 0.6 is 0 Å². The molecule has 0 amide bonds. The molecule has 1 atom stereocenters. The van der Waals surface area contributed by atoms with Gasteiger partial charge in [-0.15, -0.1) is 0 Å². The van der Waals surface area contributed by atoms with E-state index >= 15 is 0 Å². The van der Waals surface area contributed by atoms with Gasteiger partial charge in [-0.05, 0) is 39.8 Å². The highest BCUT2D eigenvalue weighted by molar-refractivity contribution is 5.98. The highest BCUT2D eigenvalue weighted by Crippen LogP contribution is 2.33. The van der Waals surface area contributed by atoms with E-state index in [9.17, 15) is 9.90 Å². The van der Waals surface area contributed by atoms with E-state index in [4.69, 9.17) is 13.9 Å². The van der Waals surface area contributed by atoms with Gasteiger partial charge in [0, 0.05) is 5.56 Å². The Labute approximate surface area is 141 Å². The van der Waals surface area contributed by atoms with Crippen LogP contribution in [0.1, 0.15) is 36.9 Å². The number of rotatable bonds is 8. The normalized spacial score (nSPS) is 12.6. The van der Waals surface area contributed by atoms with E-state index in [0.717, 1.165) is 5.39 Å². The fourth-order valence-electron chi connectivity index (χ4n) is 2.46. The van der Waals surface area contributed by atoms with Gasteiger partial charge in [0.05, 0.1) is 18.0 Å². The number of ether oxygens (including phenoxy) is 2. The second-order valence-electron chi connectivity index (χ2n) is 6.09. The first kappa shape index (κ1) is 18.3. The maximum atomic E-state index is 12.0. The van der Waals surface area contributed by atoms with Gasteiger partial charge in [-0.25, -0.2) is 4.79 Å². The molecule has 1 aromatic heterocycles. The molecule has 0 saturated carbocycles. The SMILES string of the molecule is CCOC(=O)c1oc2cccc(OCC(O)C[NH2+]C(C)C)c2c1C. The predicted molar refractivity (Wildman–Crippen MR) is 90.3 cm³/mol. The van der Waals surface area contributed by atoms with Crippen molar-refractivity contribution in [2.45, 2.75) is 39.8 Å². The zero-order valence-corrected chi connectivity index (χ0v) is 14.7. The van der Waals surface area contributed by atoms with E-state index in [-0.39, 0.29) is 19.0 Å². The van der Waals surface area contributed by atoms with Gasteiger partial charge in [0.1, 0.15) is 30.6 Å². The van der Waals surface area contributed by atoms with Gasteiger partial charge < -0.3 is 24.3 Å². The number of carbonyl (C=O) groups is 1. The zero-order valence-electron chi connectivity index (χ0n) is 14.7. The zero-order chi connectivity index (χ0) is 17.7. The molecule has 6 nitrogen and oxygen atoms in total. The van der Waals surface area contributed by atoms with Gasteiger partial charge in [0.15, 0.2) is 0 Å². The second-order valence-corrected chi connectivity index (χ2v) is 6.09. The van der Waals surface area contributed by atoms with Crippen LogP contribution < -0.4 is 10.1 Å². The number of esters is 1. The van der Waals surface area contributed by atoms with Gasteiger partial charge in [0.2, 0.25) is 5.76 Å². The third kappa shape index (κ3) is 4.27. The molecule has 0 fully saturated rings. The minimum atomic E-state index is -0.570. The molecule has 1 unspecified atom stereocenters. The monoisotopic (exact) mass is 336 g/mol. The molecule has 0 spiro atoms. The molecule has 1 aromatic carbocycles. The Morgan fingerprint density at radius 3 is 2.79 bits per heavy atom. The van der Waals surface area contributed by atoms with Gasteiger partial charge in [-0.1, -0.05) is 6.07 Å². The maximum absolute atomic E-state index is 12.0. The lowest BCUT2D eigenvalue weighted by atomic mass is 10.1. The summed E-state index contributed by atoms with van der Waals surface area (Å²) in [6, 6.07) is 5.80. The summed E-state index contributed by atoms with van der Waals surface area (Å²) in [6.07, 6.45) is -0.570. The summed E-state index contributed by atoms with van der Waals surface area (Å²) in [5.41, 5.74) is 1.25. The Bertz CT molecular complexity index is 692. The molecule has 0 saturated heterocycles. The van der Waals surface area contributed by atoms with Gasteiger partial charge in [-0.3, -0.25) is 0 Å². The van der Waals surface area contributed by atoms with Crippen molar-refractivity contribution in [3.8, 4) is 5.75 Å². The van der Waals surface area contributed by atoms with E-state index in [1.165, 1.54) is 0 Å². The molecule has 24 heavy (non-hydrogen) atoms. The topological polar surface area (TPSA) is 85.5 Å². The molecule has 0 bridgehead atoms. The standard InChI is InChI=1S/C18H25NO5/c1-5-22-18(21)17-12(4)16-14(7-6-8-15(16)24-17)23-10-13(20)9-19-11(2)3/h6-8,11,13,19-20H,5,9-10H2,1-4H3/p+1. The quantitative estimate of drug-likeness (QED) is 0.716. The minimum absolute atomic E-state index is 0.182. The first-order chi connectivity index (χ1) is 11.4. The third-order valence-electron chi connectivity index (χ3n) is 3.69. The van der Waals surface area contributed by atoms with Crippen LogP contribution in [0, 0.1) is 6.92 Å². The minimum Gasteiger partial charge on any atom is -0.490 e. The van der Waals surface area contributed by atoms with Crippen molar-refractivity contribution in [3.05, 3.63) is 29.5 Å². The first-order valence-corrected chi connectivity index (χ1v) is 8.27. The Kier molecular flexibility index (Phi) is 6.23. The van der Waals surface area contributed by atoms with E-state index in [1.54, 1.807) is 32.0 Å². The number of hydrogen-bond donors (Lipinski definition) is 2. The molecular weight excluding hydrogens is 310 g/mol. The smallest absolute Gasteiger partial charge is 0.374 e. The highest BCUT2D eigenvalue weighted by atomic mass is 16.5. The van der Waals surface area contributed by atoms with Crippen molar-refractivity contribution in [1.82, 2.24) is 0 Å². The maximum Gasteiger partial charge on any atom is 0.374 e. The summed E-state index contributed by atoms with van der Waals surface area (Å²) in [4.78, 5) is 12.0. The molecule has 1 heterocycles. The molecule has 3 N–H and O–H groups in total. The summed E-state index contributed by atoms with van der Waals surface area (Å²) in [5, 5.41) is 12.8. The number of aliphatic hydroxyl groups is 1. The molecule has 0 radical (unpaired) electrons. The Hall–Kier alpha value is -2.05. The van der Waals surface area contributed by atoms with E-state index in [2.05, 4.69) is 19.2 Å². The van der Waals surface area contributed by atoms with Crippen LogP contribution in [0.5, 0.6) is 5.75 Å². The van der Waals surface area contributed by atoms with Crippen molar-refractivity contribution in [3.63, 3.8) is 0 Å². The Balaban J connectivity index is 2.17. The number of benzene rings is 1. The fourth-order valence-corrected chi connectivity index (χ4v) is 2.46. The number of fused-ring (bicyclic) bond motifs is 1. The second kappa shape index (κ2) is 8.17. The fraction of sp³-hybridized carbons (Fsp3) is 0.500. The molecule has 2 aromatic rings. The molecule has 0 aliphatic heterocycles. The highest BCUT2D eigenvalue weighted by Gasteiger charge is 2.21. The lowest BCUT2D eigenvalue weighted by molar-refractivity contribution is -0.688. The van der Waals surface area contributed by atoms with Crippen molar-refractivity contribution < 1.29 is 29.1 Å². The number of hydrogen-bond acceptors (Lipinski definition) is 5. The van der Waals surface area contributed by atoms with Gasteiger partial charge in [-0.2, -0.15) is 0 Å². The molecule has 0 aliphatic rings. The third-order valence-corrected chi connectivity index (χ3v) is 3.69. The number of carbonyl (C=O) groups excluding carboxylic acids is 1. The number of aliphatic hydroxyl groups excluding tert-OH is 1. The predicted octanol–water partition coefficient (Wildman–Crippen LogP) is 1.63. The van der Waals surface area contributed by atoms with Crippen LogP contribution in [0.15, 0.2) is 22.6 Å². The van der Waals surface area contributed by atoms with Gasteiger partial charge in [0.25, 0.3) is 0 Å².